The van der Waals surface area contributed by atoms with Crippen LogP contribution in [0.3, 0.4) is 0 Å². The molecule has 1 fully saturated rings. The molecule has 0 aromatic heterocycles. The smallest absolute Gasteiger partial charge is 0.247 e. The van der Waals surface area contributed by atoms with Gasteiger partial charge in [-0.05, 0) is 74.7 Å². The van der Waals surface area contributed by atoms with E-state index in [-0.39, 0.29) is 0 Å². The number of ether oxygens (including phenoxy) is 1. The molecule has 2 aromatic rings. The minimum atomic E-state index is -3.67. The van der Waals surface area contributed by atoms with Crippen molar-refractivity contribution in [1.29, 1.82) is 0 Å². The van der Waals surface area contributed by atoms with Crippen molar-refractivity contribution >= 4 is 33.0 Å². The number of hydrogen-bond donors (Lipinski definition) is 1. The third-order valence-electron chi connectivity index (χ3n) is 5.27. The average Bonchev–Trinajstić information content (AvgIpc) is 2.74. The van der Waals surface area contributed by atoms with Crippen molar-refractivity contribution in [3.63, 3.8) is 0 Å². The van der Waals surface area contributed by atoms with Gasteiger partial charge in [0.15, 0.2) is 0 Å². The predicted octanol–water partition coefficient (Wildman–Crippen LogP) is 3.48. The molecule has 0 bridgehead atoms. The van der Waals surface area contributed by atoms with Crippen molar-refractivity contribution in [3.05, 3.63) is 48.5 Å². The van der Waals surface area contributed by atoms with Crippen LogP contribution >= 0.6 is 0 Å². The Balaban J connectivity index is 1.73. The molecule has 1 amide bonds. The maximum atomic E-state index is 12.8. The number of rotatable bonds is 7. The van der Waals surface area contributed by atoms with Crippen molar-refractivity contribution in [2.24, 2.45) is 0 Å². The van der Waals surface area contributed by atoms with Gasteiger partial charge in [-0.3, -0.25) is 9.10 Å². The van der Waals surface area contributed by atoms with Crippen LogP contribution < -0.4 is 19.3 Å². The van der Waals surface area contributed by atoms with E-state index in [1.165, 1.54) is 26.4 Å². The van der Waals surface area contributed by atoms with E-state index in [0.717, 1.165) is 29.3 Å². The molecule has 1 heterocycles. The van der Waals surface area contributed by atoms with Crippen molar-refractivity contribution in [2.45, 2.75) is 32.2 Å². The molecule has 0 aliphatic carbocycles. The molecule has 2 aromatic carbocycles. The van der Waals surface area contributed by atoms with E-state index < -0.39 is 22.0 Å². The number of methoxy groups -OCH3 is 1. The lowest BCUT2D eigenvalue weighted by molar-refractivity contribution is -0.116. The molecule has 7 nitrogen and oxygen atoms in total. The fraction of sp³-hybridized carbons (Fsp3) is 0.409. The molecule has 30 heavy (non-hydrogen) atoms. The summed E-state index contributed by atoms with van der Waals surface area (Å²) in [6.07, 6.45) is 4.76. The first-order chi connectivity index (χ1) is 14.3. The fourth-order valence-corrected chi connectivity index (χ4v) is 4.87. The molecule has 0 radical (unpaired) electrons. The van der Waals surface area contributed by atoms with Gasteiger partial charge in [0.2, 0.25) is 15.9 Å². The molecule has 1 saturated heterocycles. The molecule has 162 valence electrons. The number of nitrogens with zero attached hydrogens (tertiary/aromatic N) is 2. The summed E-state index contributed by atoms with van der Waals surface area (Å²) < 4.78 is 31.1. The van der Waals surface area contributed by atoms with Gasteiger partial charge in [0.05, 0.1) is 19.1 Å². The second-order valence-corrected chi connectivity index (χ2v) is 9.38. The summed E-state index contributed by atoms with van der Waals surface area (Å²) in [6.45, 7) is 3.67. The van der Waals surface area contributed by atoms with Crippen LogP contribution in [0, 0.1) is 0 Å². The number of piperidine rings is 1. The van der Waals surface area contributed by atoms with E-state index in [0.29, 0.717) is 17.1 Å². The van der Waals surface area contributed by atoms with Gasteiger partial charge in [0.25, 0.3) is 0 Å². The first-order valence-corrected chi connectivity index (χ1v) is 11.9. The Morgan fingerprint density at radius 1 is 1.03 bits per heavy atom. The van der Waals surface area contributed by atoms with Gasteiger partial charge in [-0.25, -0.2) is 8.42 Å². The number of hydrogen-bond acceptors (Lipinski definition) is 5. The highest BCUT2D eigenvalue weighted by molar-refractivity contribution is 7.92. The van der Waals surface area contributed by atoms with Gasteiger partial charge in [-0.15, -0.1) is 0 Å². The van der Waals surface area contributed by atoms with Crippen molar-refractivity contribution < 1.29 is 17.9 Å². The van der Waals surface area contributed by atoms with Crippen LogP contribution in [0.5, 0.6) is 5.75 Å². The predicted molar refractivity (Wildman–Crippen MR) is 121 cm³/mol. The molecule has 0 saturated carbocycles. The topological polar surface area (TPSA) is 79.0 Å². The van der Waals surface area contributed by atoms with E-state index in [4.69, 9.17) is 4.74 Å². The summed E-state index contributed by atoms with van der Waals surface area (Å²) in [5.41, 5.74) is 2.17. The lowest BCUT2D eigenvalue weighted by Crippen LogP contribution is -2.45. The summed E-state index contributed by atoms with van der Waals surface area (Å²) >= 11 is 0. The molecule has 1 aliphatic heterocycles. The van der Waals surface area contributed by atoms with Crippen LogP contribution in [-0.4, -0.2) is 46.8 Å². The zero-order valence-electron chi connectivity index (χ0n) is 17.7. The summed E-state index contributed by atoms with van der Waals surface area (Å²) in [4.78, 5) is 15.2. The normalized spacial score (nSPS) is 15.4. The van der Waals surface area contributed by atoms with E-state index in [9.17, 15) is 13.2 Å². The summed E-state index contributed by atoms with van der Waals surface area (Å²) in [7, 11) is -2.13. The first-order valence-electron chi connectivity index (χ1n) is 10.1. The van der Waals surface area contributed by atoms with Crippen LogP contribution in [-0.2, 0) is 14.8 Å². The van der Waals surface area contributed by atoms with Crippen molar-refractivity contribution in [1.82, 2.24) is 0 Å². The molecule has 1 N–H and O–H groups in total. The third kappa shape index (κ3) is 5.24. The largest absolute Gasteiger partial charge is 0.497 e. The quantitative estimate of drug-likeness (QED) is 0.726. The number of carbonyl (C=O) groups excluding carboxylic acids is 1. The van der Waals surface area contributed by atoms with Gasteiger partial charge in [-0.1, -0.05) is 0 Å². The molecule has 8 heteroatoms. The first kappa shape index (κ1) is 22.0. The number of amides is 1. The number of benzene rings is 2. The monoisotopic (exact) mass is 431 g/mol. The fourth-order valence-electron chi connectivity index (χ4n) is 3.69. The highest BCUT2D eigenvalue weighted by Gasteiger charge is 2.29. The van der Waals surface area contributed by atoms with Gasteiger partial charge in [0, 0.05) is 24.5 Å². The number of carbonyl (C=O) groups is 1. The number of anilines is 3. The molecule has 1 atom stereocenters. The van der Waals surface area contributed by atoms with Crippen LogP contribution in [0.25, 0.3) is 0 Å². The summed E-state index contributed by atoms with van der Waals surface area (Å²) in [5, 5.41) is 2.83. The number of sulfonamides is 1. The minimum Gasteiger partial charge on any atom is -0.497 e. The Bertz CT molecular complexity index is 953. The standard InChI is InChI=1S/C22H29N3O4S/c1-17(25(30(3,27)28)20-11-13-21(29-2)14-12-20)22(26)23-18-7-9-19(10-8-18)24-15-5-4-6-16-24/h7-14,17H,4-6,15-16H2,1-3H3,(H,23,26)/t17-/m0/s1. The van der Waals surface area contributed by atoms with Gasteiger partial charge in [0.1, 0.15) is 11.8 Å². The Morgan fingerprint density at radius 2 is 1.63 bits per heavy atom. The van der Waals surface area contributed by atoms with Crippen LogP contribution in [0.4, 0.5) is 17.1 Å². The Labute approximate surface area is 178 Å². The maximum Gasteiger partial charge on any atom is 0.247 e. The average molecular weight is 432 g/mol. The highest BCUT2D eigenvalue weighted by Crippen LogP contribution is 2.25. The lowest BCUT2D eigenvalue weighted by atomic mass is 10.1. The van der Waals surface area contributed by atoms with E-state index in [1.807, 2.05) is 24.3 Å². The van der Waals surface area contributed by atoms with Gasteiger partial charge >= 0.3 is 0 Å². The van der Waals surface area contributed by atoms with Crippen LogP contribution in [0.2, 0.25) is 0 Å². The van der Waals surface area contributed by atoms with Gasteiger partial charge in [-0.2, -0.15) is 0 Å². The van der Waals surface area contributed by atoms with E-state index in [2.05, 4.69) is 10.2 Å². The number of nitrogens with one attached hydrogen (secondary N) is 1. The third-order valence-corrected chi connectivity index (χ3v) is 6.51. The molecular weight excluding hydrogens is 402 g/mol. The van der Waals surface area contributed by atoms with E-state index >= 15 is 0 Å². The van der Waals surface area contributed by atoms with Crippen LogP contribution in [0.15, 0.2) is 48.5 Å². The minimum absolute atomic E-state index is 0.401. The Hall–Kier alpha value is -2.74. The van der Waals surface area contributed by atoms with Crippen molar-refractivity contribution in [2.75, 3.05) is 41.0 Å². The second kappa shape index (κ2) is 9.38. The summed E-state index contributed by atoms with van der Waals surface area (Å²) in [5.74, 6) is 0.208. The zero-order valence-corrected chi connectivity index (χ0v) is 18.5. The SMILES string of the molecule is COc1ccc(N([C@@H](C)C(=O)Nc2ccc(N3CCCCC3)cc2)S(C)(=O)=O)cc1. The highest BCUT2D eigenvalue weighted by atomic mass is 32.2. The van der Waals surface area contributed by atoms with Crippen LogP contribution in [0.1, 0.15) is 26.2 Å². The summed E-state index contributed by atoms with van der Waals surface area (Å²) in [6, 6.07) is 13.3. The zero-order chi connectivity index (χ0) is 21.7. The van der Waals surface area contributed by atoms with Gasteiger partial charge < -0.3 is 15.0 Å². The molecule has 1 aliphatic rings. The lowest BCUT2D eigenvalue weighted by Gasteiger charge is -2.29. The second-order valence-electron chi connectivity index (χ2n) is 7.52. The maximum absolute atomic E-state index is 12.8. The Kier molecular flexibility index (Phi) is 6.87. The van der Waals surface area contributed by atoms with Crippen molar-refractivity contribution in [3.8, 4) is 5.75 Å². The van der Waals surface area contributed by atoms with E-state index in [1.54, 1.807) is 31.2 Å². The molecular formula is C22H29N3O4S. The Morgan fingerprint density at radius 3 is 2.17 bits per heavy atom. The molecule has 3 rings (SSSR count). The molecule has 0 unspecified atom stereocenters. The molecule has 0 spiro atoms.